The van der Waals surface area contributed by atoms with Crippen molar-refractivity contribution in [3.63, 3.8) is 0 Å². The molecule has 1 unspecified atom stereocenters. The van der Waals surface area contributed by atoms with Crippen molar-refractivity contribution in [3.05, 3.63) is 17.7 Å². The Labute approximate surface area is 90.3 Å². The standard InChI is InChI=1S/C11H17ClN2/c1-9(6-12)7-14-8-13-10-4-2-3-5-11(10)14/h8-9H,2-7H2,1H3. The van der Waals surface area contributed by atoms with Crippen molar-refractivity contribution >= 4 is 11.6 Å². The van der Waals surface area contributed by atoms with E-state index in [1.54, 1.807) is 0 Å². The van der Waals surface area contributed by atoms with Gasteiger partial charge in [0.2, 0.25) is 0 Å². The fraction of sp³-hybridized carbons (Fsp3) is 0.727. The third-order valence-corrected chi connectivity index (χ3v) is 3.41. The lowest BCUT2D eigenvalue weighted by atomic mass is 10.0. The molecule has 2 rings (SSSR count). The quantitative estimate of drug-likeness (QED) is 0.705. The smallest absolute Gasteiger partial charge is 0.0951 e. The summed E-state index contributed by atoms with van der Waals surface area (Å²) in [5.74, 6) is 1.27. The van der Waals surface area contributed by atoms with Crippen LogP contribution >= 0.6 is 11.6 Å². The lowest BCUT2D eigenvalue weighted by Crippen LogP contribution is -2.13. The van der Waals surface area contributed by atoms with Crippen LogP contribution in [0.3, 0.4) is 0 Å². The molecule has 1 atom stereocenters. The van der Waals surface area contributed by atoms with Gasteiger partial charge in [-0.2, -0.15) is 0 Å². The molecule has 0 radical (unpaired) electrons. The Morgan fingerprint density at radius 2 is 2.29 bits per heavy atom. The van der Waals surface area contributed by atoms with E-state index in [4.69, 9.17) is 11.6 Å². The zero-order valence-electron chi connectivity index (χ0n) is 8.67. The Balaban J connectivity index is 2.14. The van der Waals surface area contributed by atoms with Crippen molar-refractivity contribution in [1.29, 1.82) is 0 Å². The lowest BCUT2D eigenvalue weighted by Gasteiger charge is -2.15. The number of aryl methyl sites for hydroxylation is 1. The van der Waals surface area contributed by atoms with E-state index in [1.807, 2.05) is 6.33 Å². The maximum absolute atomic E-state index is 5.82. The van der Waals surface area contributed by atoms with E-state index in [0.717, 1.165) is 18.8 Å². The lowest BCUT2D eigenvalue weighted by molar-refractivity contribution is 0.503. The van der Waals surface area contributed by atoms with Gasteiger partial charge in [0, 0.05) is 18.1 Å². The molecule has 0 N–H and O–H groups in total. The topological polar surface area (TPSA) is 17.8 Å². The summed E-state index contributed by atoms with van der Waals surface area (Å²) in [6.07, 6.45) is 6.96. The van der Waals surface area contributed by atoms with Crippen molar-refractivity contribution < 1.29 is 0 Å². The van der Waals surface area contributed by atoms with Gasteiger partial charge in [-0.05, 0) is 31.6 Å². The Morgan fingerprint density at radius 3 is 3.07 bits per heavy atom. The molecular formula is C11H17ClN2. The first kappa shape index (κ1) is 10.0. The monoisotopic (exact) mass is 212 g/mol. The molecule has 0 bridgehead atoms. The van der Waals surface area contributed by atoms with Crippen molar-refractivity contribution in [2.45, 2.75) is 39.2 Å². The zero-order valence-corrected chi connectivity index (χ0v) is 9.43. The summed E-state index contributed by atoms with van der Waals surface area (Å²) in [5.41, 5.74) is 2.77. The number of nitrogens with zero attached hydrogens (tertiary/aromatic N) is 2. The highest BCUT2D eigenvalue weighted by Gasteiger charge is 2.15. The summed E-state index contributed by atoms with van der Waals surface area (Å²) in [5, 5.41) is 0. The maximum Gasteiger partial charge on any atom is 0.0951 e. The molecule has 0 saturated heterocycles. The van der Waals surface area contributed by atoms with Crippen LogP contribution in [0.25, 0.3) is 0 Å². The van der Waals surface area contributed by atoms with Crippen LogP contribution in [-0.4, -0.2) is 15.4 Å². The summed E-state index contributed by atoms with van der Waals surface area (Å²) in [4.78, 5) is 4.46. The molecule has 1 aromatic heterocycles. The first-order valence-electron chi connectivity index (χ1n) is 5.40. The van der Waals surface area contributed by atoms with Crippen LogP contribution < -0.4 is 0 Å². The molecule has 2 nitrogen and oxygen atoms in total. The van der Waals surface area contributed by atoms with E-state index < -0.39 is 0 Å². The fourth-order valence-electron chi connectivity index (χ4n) is 2.07. The molecule has 0 amide bonds. The van der Waals surface area contributed by atoms with Crippen LogP contribution in [0.5, 0.6) is 0 Å². The minimum Gasteiger partial charge on any atom is -0.334 e. The summed E-state index contributed by atoms with van der Waals surface area (Å²) < 4.78 is 2.29. The minimum absolute atomic E-state index is 0.539. The van der Waals surface area contributed by atoms with Crippen LogP contribution in [0.1, 0.15) is 31.2 Å². The molecule has 1 aromatic rings. The highest BCUT2D eigenvalue weighted by molar-refractivity contribution is 6.18. The second kappa shape index (κ2) is 4.35. The van der Waals surface area contributed by atoms with Crippen molar-refractivity contribution in [3.8, 4) is 0 Å². The molecule has 0 aromatic carbocycles. The summed E-state index contributed by atoms with van der Waals surface area (Å²) in [6.45, 7) is 3.20. The molecule has 78 valence electrons. The molecule has 0 spiro atoms. The first-order chi connectivity index (χ1) is 6.81. The Hall–Kier alpha value is -0.500. The molecule has 1 aliphatic rings. The number of hydrogen-bond donors (Lipinski definition) is 0. The van der Waals surface area contributed by atoms with E-state index in [0.29, 0.717) is 5.92 Å². The second-order valence-corrected chi connectivity index (χ2v) is 4.57. The largest absolute Gasteiger partial charge is 0.334 e. The molecule has 1 aliphatic carbocycles. The van der Waals surface area contributed by atoms with Crippen LogP contribution in [0.2, 0.25) is 0 Å². The van der Waals surface area contributed by atoms with Crippen molar-refractivity contribution in [2.75, 3.05) is 5.88 Å². The van der Waals surface area contributed by atoms with Crippen molar-refractivity contribution in [1.82, 2.24) is 9.55 Å². The van der Waals surface area contributed by atoms with E-state index in [9.17, 15) is 0 Å². The van der Waals surface area contributed by atoms with E-state index in [1.165, 1.54) is 30.7 Å². The SMILES string of the molecule is CC(CCl)Cn1cnc2c1CCCC2. The highest BCUT2D eigenvalue weighted by atomic mass is 35.5. The number of hydrogen-bond acceptors (Lipinski definition) is 1. The normalized spacial score (nSPS) is 17.9. The van der Waals surface area contributed by atoms with E-state index in [2.05, 4.69) is 16.5 Å². The summed E-state index contributed by atoms with van der Waals surface area (Å²) >= 11 is 5.82. The summed E-state index contributed by atoms with van der Waals surface area (Å²) in [7, 11) is 0. The number of fused-ring (bicyclic) bond motifs is 1. The van der Waals surface area contributed by atoms with Gasteiger partial charge in [-0.15, -0.1) is 11.6 Å². The molecule has 14 heavy (non-hydrogen) atoms. The van der Waals surface area contributed by atoms with Gasteiger partial charge in [0.05, 0.1) is 12.0 Å². The minimum atomic E-state index is 0.539. The molecule has 1 heterocycles. The van der Waals surface area contributed by atoms with Crippen LogP contribution in [0.15, 0.2) is 6.33 Å². The van der Waals surface area contributed by atoms with Gasteiger partial charge in [-0.1, -0.05) is 6.92 Å². The highest BCUT2D eigenvalue weighted by Crippen LogP contribution is 2.20. The van der Waals surface area contributed by atoms with Gasteiger partial charge in [-0.25, -0.2) is 4.98 Å². The first-order valence-corrected chi connectivity index (χ1v) is 5.93. The maximum atomic E-state index is 5.82. The van der Waals surface area contributed by atoms with Gasteiger partial charge in [0.25, 0.3) is 0 Å². The average molecular weight is 213 g/mol. The number of aromatic nitrogens is 2. The number of halogens is 1. The van der Waals surface area contributed by atoms with Gasteiger partial charge in [-0.3, -0.25) is 0 Å². The number of rotatable bonds is 3. The molecule has 3 heteroatoms. The Kier molecular flexibility index (Phi) is 3.12. The van der Waals surface area contributed by atoms with Gasteiger partial charge >= 0.3 is 0 Å². The van der Waals surface area contributed by atoms with Crippen LogP contribution in [0.4, 0.5) is 0 Å². The van der Waals surface area contributed by atoms with Gasteiger partial charge in [0.1, 0.15) is 0 Å². The van der Waals surface area contributed by atoms with Crippen LogP contribution in [0, 0.1) is 5.92 Å². The fourth-order valence-corrected chi connectivity index (χ4v) is 2.17. The van der Waals surface area contributed by atoms with Gasteiger partial charge in [0.15, 0.2) is 0 Å². The van der Waals surface area contributed by atoms with E-state index >= 15 is 0 Å². The number of imidazole rings is 1. The van der Waals surface area contributed by atoms with Crippen LogP contribution in [-0.2, 0) is 19.4 Å². The van der Waals surface area contributed by atoms with Gasteiger partial charge < -0.3 is 4.57 Å². The third-order valence-electron chi connectivity index (χ3n) is 2.88. The molecular weight excluding hydrogens is 196 g/mol. The van der Waals surface area contributed by atoms with E-state index in [-0.39, 0.29) is 0 Å². The molecule has 0 aliphatic heterocycles. The summed E-state index contributed by atoms with van der Waals surface area (Å²) in [6, 6.07) is 0. The average Bonchev–Trinajstić information content (AvgIpc) is 2.62. The Morgan fingerprint density at radius 1 is 1.50 bits per heavy atom. The third kappa shape index (κ3) is 1.95. The predicted octanol–water partition coefficient (Wildman–Crippen LogP) is 2.64. The Bertz CT molecular complexity index is 306. The second-order valence-electron chi connectivity index (χ2n) is 4.26. The number of alkyl halides is 1. The predicted molar refractivity (Wildman–Crippen MR) is 58.8 cm³/mol. The zero-order chi connectivity index (χ0) is 9.97. The molecule has 0 saturated carbocycles. The van der Waals surface area contributed by atoms with Crippen molar-refractivity contribution in [2.24, 2.45) is 5.92 Å². The molecule has 0 fully saturated rings.